The fourth-order valence-electron chi connectivity index (χ4n) is 2.81. The topological polar surface area (TPSA) is 104 Å². The molecule has 0 aromatic heterocycles. The number of nitrogens with one attached hydrogen (secondary N) is 3. The molecule has 0 unspecified atom stereocenters. The molecule has 9 heteroatoms. The van der Waals surface area contributed by atoms with Crippen LogP contribution in [-0.2, 0) is 9.84 Å². The predicted molar refractivity (Wildman–Crippen MR) is 109 cm³/mol. The molecule has 0 fully saturated rings. The zero-order valence-corrected chi connectivity index (χ0v) is 16.9. The highest BCUT2D eigenvalue weighted by molar-refractivity contribution is 8.02. The molecule has 2 aromatic carbocycles. The number of carbonyl (C=O) groups excluding carboxylic acids is 2. The monoisotopic (exact) mass is 417 g/mol. The van der Waals surface area contributed by atoms with Crippen LogP contribution in [0.3, 0.4) is 0 Å². The van der Waals surface area contributed by atoms with Crippen LogP contribution in [0, 0.1) is 0 Å². The second kappa shape index (κ2) is 8.07. The third-order valence-corrected chi connectivity index (χ3v) is 6.85. The Labute approximate surface area is 167 Å². The van der Waals surface area contributed by atoms with Crippen LogP contribution in [0.4, 0.5) is 5.69 Å². The minimum Gasteiger partial charge on any atom is -0.393 e. The first-order valence-electron chi connectivity index (χ1n) is 8.36. The number of amides is 2. The van der Waals surface area contributed by atoms with E-state index < -0.39 is 15.7 Å². The number of carbonyl (C=O) groups is 2. The van der Waals surface area contributed by atoms with Crippen molar-refractivity contribution in [1.82, 2.24) is 10.6 Å². The third-order valence-electron chi connectivity index (χ3n) is 4.19. The van der Waals surface area contributed by atoms with E-state index in [1.807, 2.05) is 6.26 Å². The van der Waals surface area contributed by atoms with Crippen molar-refractivity contribution >= 4 is 39.1 Å². The fraction of sp³-hybridized carbons (Fsp3) is 0.158. The number of fused-ring (bicyclic) bond motifs is 2. The zero-order valence-electron chi connectivity index (χ0n) is 15.3. The van der Waals surface area contributed by atoms with Gasteiger partial charge >= 0.3 is 0 Å². The smallest absolute Gasteiger partial charge is 0.257 e. The number of rotatable bonds is 5. The van der Waals surface area contributed by atoms with Gasteiger partial charge in [-0.3, -0.25) is 9.59 Å². The molecule has 2 amide bonds. The maximum Gasteiger partial charge on any atom is 0.257 e. The first-order chi connectivity index (χ1) is 13.4. The van der Waals surface area contributed by atoms with E-state index in [4.69, 9.17) is 0 Å². The number of hydrogen-bond donors (Lipinski definition) is 3. The molecule has 0 saturated carbocycles. The summed E-state index contributed by atoms with van der Waals surface area (Å²) in [6.07, 6.45) is 3.68. The van der Waals surface area contributed by atoms with E-state index in [1.165, 1.54) is 42.1 Å². The summed E-state index contributed by atoms with van der Waals surface area (Å²) in [7, 11) is -2.12. The fourth-order valence-corrected chi connectivity index (χ4v) is 4.86. The summed E-state index contributed by atoms with van der Waals surface area (Å²) in [6.45, 7) is 0.327. The summed E-state index contributed by atoms with van der Waals surface area (Å²) in [5.74, 6) is -0.899. The molecular formula is C19H19N3O4S2. The standard InChI is InChI=1S/C19H19N3O4S2/c1-20-10-13(27-2)11-21-18(23)12-7-8-17-15(9-12)22-19(24)14-5-3-4-6-16(14)28(17,25)26/h3-10,20H,11H2,1-2H3,(H,21,23)(H,22,24)/b13-10-. The lowest BCUT2D eigenvalue weighted by molar-refractivity contribution is 0.0956. The molecule has 1 heterocycles. The molecule has 28 heavy (non-hydrogen) atoms. The molecule has 146 valence electrons. The van der Waals surface area contributed by atoms with Gasteiger partial charge in [0.25, 0.3) is 11.8 Å². The molecule has 0 spiro atoms. The maximum atomic E-state index is 13.0. The Balaban J connectivity index is 1.94. The molecule has 7 nitrogen and oxygen atoms in total. The van der Waals surface area contributed by atoms with E-state index in [-0.39, 0.29) is 32.5 Å². The number of sulfone groups is 1. The van der Waals surface area contributed by atoms with Crippen molar-refractivity contribution in [2.24, 2.45) is 0 Å². The Bertz CT molecular complexity index is 1080. The van der Waals surface area contributed by atoms with Crippen molar-refractivity contribution in [3.05, 3.63) is 64.7 Å². The van der Waals surface area contributed by atoms with E-state index in [2.05, 4.69) is 16.0 Å². The van der Waals surface area contributed by atoms with E-state index in [0.717, 1.165) is 4.91 Å². The van der Waals surface area contributed by atoms with E-state index in [1.54, 1.807) is 25.4 Å². The summed E-state index contributed by atoms with van der Waals surface area (Å²) in [6, 6.07) is 10.2. The Morgan fingerprint density at radius 2 is 1.93 bits per heavy atom. The Morgan fingerprint density at radius 1 is 1.18 bits per heavy atom. The minimum atomic E-state index is -3.89. The lowest BCUT2D eigenvalue weighted by atomic mass is 10.1. The van der Waals surface area contributed by atoms with Gasteiger partial charge in [0.1, 0.15) is 0 Å². The van der Waals surface area contributed by atoms with Gasteiger partial charge in [0, 0.05) is 23.7 Å². The first kappa shape index (κ1) is 20.0. The van der Waals surface area contributed by atoms with Gasteiger partial charge < -0.3 is 16.0 Å². The van der Waals surface area contributed by atoms with Crippen molar-refractivity contribution in [1.29, 1.82) is 0 Å². The molecule has 0 saturated heterocycles. The highest BCUT2D eigenvalue weighted by Gasteiger charge is 2.31. The van der Waals surface area contributed by atoms with E-state index in [0.29, 0.717) is 6.54 Å². The second-order valence-electron chi connectivity index (χ2n) is 5.95. The Kier molecular flexibility index (Phi) is 5.76. The molecular weight excluding hydrogens is 398 g/mol. The Hall–Kier alpha value is -2.78. The van der Waals surface area contributed by atoms with Gasteiger partial charge in [-0.05, 0) is 36.6 Å². The highest BCUT2D eigenvalue weighted by Crippen LogP contribution is 2.34. The molecule has 3 rings (SSSR count). The van der Waals surface area contributed by atoms with Crippen LogP contribution >= 0.6 is 11.8 Å². The van der Waals surface area contributed by atoms with Crippen LogP contribution in [0.25, 0.3) is 0 Å². The van der Waals surface area contributed by atoms with Crippen LogP contribution in [-0.4, -0.2) is 40.1 Å². The van der Waals surface area contributed by atoms with Gasteiger partial charge in [-0.15, -0.1) is 11.8 Å². The van der Waals surface area contributed by atoms with Crippen molar-refractivity contribution in [3.8, 4) is 0 Å². The molecule has 0 radical (unpaired) electrons. The molecule has 3 N–H and O–H groups in total. The third kappa shape index (κ3) is 3.76. The molecule has 0 aliphatic carbocycles. The number of benzene rings is 2. The van der Waals surface area contributed by atoms with Crippen molar-refractivity contribution in [2.45, 2.75) is 9.79 Å². The van der Waals surface area contributed by atoms with Crippen LogP contribution in [0.15, 0.2) is 63.4 Å². The van der Waals surface area contributed by atoms with Crippen molar-refractivity contribution in [2.75, 3.05) is 25.2 Å². The molecule has 0 bridgehead atoms. The second-order valence-corrected chi connectivity index (χ2v) is 8.77. The molecule has 2 aromatic rings. The van der Waals surface area contributed by atoms with E-state index >= 15 is 0 Å². The van der Waals surface area contributed by atoms with E-state index in [9.17, 15) is 18.0 Å². The average molecular weight is 418 g/mol. The van der Waals surface area contributed by atoms with Gasteiger partial charge in [0.15, 0.2) is 0 Å². The summed E-state index contributed by atoms with van der Waals surface area (Å²) in [4.78, 5) is 25.8. The largest absolute Gasteiger partial charge is 0.393 e. The van der Waals surface area contributed by atoms with Crippen LogP contribution in [0.1, 0.15) is 20.7 Å². The minimum absolute atomic E-state index is 0.0396. The molecule has 1 aliphatic heterocycles. The SMILES string of the molecule is CN/C=C(/CNC(=O)c1ccc2c(c1)NC(=O)c1ccccc1S2(=O)=O)SC. The number of thioether (sulfide) groups is 1. The van der Waals surface area contributed by atoms with Gasteiger partial charge in [0.05, 0.1) is 27.6 Å². The van der Waals surface area contributed by atoms with Crippen molar-refractivity contribution in [3.63, 3.8) is 0 Å². The highest BCUT2D eigenvalue weighted by atomic mass is 32.2. The Morgan fingerprint density at radius 3 is 2.64 bits per heavy atom. The summed E-state index contributed by atoms with van der Waals surface area (Å²) >= 11 is 1.50. The summed E-state index contributed by atoms with van der Waals surface area (Å²) in [5.41, 5.74) is 0.418. The summed E-state index contributed by atoms with van der Waals surface area (Å²) < 4.78 is 25.9. The molecule has 0 atom stereocenters. The number of anilines is 1. The van der Waals surface area contributed by atoms with Crippen LogP contribution in [0.2, 0.25) is 0 Å². The first-order valence-corrected chi connectivity index (χ1v) is 11.1. The van der Waals surface area contributed by atoms with Gasteiger partial charge in [0.2, 0.25) is 9.84 Å². The lowest BCUT2D eigenvalue weighted by Crippen LogP contribution is -2.25. The van der Waals surface area contributed by atoms with Crippen molar-refractivity contribution < 1.29 is 18.0 Å². The van der Waals surface area contributed by atoms with Gasteiger partial charge in [-0.2, -0.15) is 0 Å². The van der Waals surface area contributed by atoms with Crippen LogP contribution in [0.5, 0.6) is 0 Å². The predicted octanol–water partition coefficient (Wildman–Crippen LogP) is 2.24. The quantitative estimate of drug-likeness (QED) is 0.689. The zero-order chi connectivity index (χ0) is 20.3. The van der Waals surface area contributed by atoms with Crippen LogP contribution < -0.4 is 16.0 Å². The maximum absolute atomic E-state index is 13.0. The van der Waals surface area contributed by atoms with Gasteiger partial charge in [-0.1, -0.05) is 12.1 Å². The molecule has 1 aliphatic rings. The van der Waals surface area contributed by atoms with Gasteiger partial charge in [-0.25, -0.2) is 8.42 Å². The summed E-state index contributed by atoms with van der Waals surface area (Å²) in [5, 5.41) is 8.28. The lowest BCUT2D eigenvalue weighted by Gasteiger charge is -2.11. The number of hydrogen-bond acceptors (Lipinski definition) is 6. The normalized spacial score (nSPS) is 14.9. The average Bonchev–Trinajstić information content (AvgIpc) is 2.78.